The van der Waals surface area contributed by atoms with Crippen molar-refractivity contribution in [1.29, 1.82) is 0 Å². The summed E-state index contributed by atoms with van der Waals surface area (Å²) in [6.07, 6.45) is 0.398. The second kappa shape index (κ2) is 3.79. The molecule has 0 aromatic heterocycles. The van der Waals surface area contributed by atoms with Gasteiger partial charge in [-0.2, -0.15) is 0 Å². The number of nitrogens with zero attached hydrogens (tertiary/aromatic N) is 1. The van der Waals surface area contributed by atoms with Crippen molar-refractivity contribution in [2.45, 2.75) is 18.4 Å². The Kier molecular flexibility index (Phi) is 2.62. The number of piperidine rings is 1. The number of carbonyl (C=O) groups excluding carboxylic acids is 2. The Labute approximate surface area is 87.2 Å². The van der Waals surface area contributed by atoms with E-state index in [1.54, 1.807) is 0 Å². The van der Waals surface area contributed by atoms with Crippen LogP contribution >= 0.6 is 0 Å². The van der Waals surface area contributed by atoms with E-state index in [0.717, 1.165) is 4.90 Å². The van der Waals surface area contributed by atoms with Gasteiger partial charge in [0.2, 0.25) is 0 Å². The molecule has 0 aromatic rings. The first kappa shape index (κ1) is 10.4. The second-order valence-corrected chi connectivity index (χ2v) is 3.79. The van der Waals surface area contributed by atoms with E-state index in [9.17, 15) is 9.59 Å². The molecule has 1 spiro atoms. The van der Waals surface area contributed by atoms with Crippen LogP contribution in [0, 0.1) is 0 Å². The minimum Gasteiger partial charge on any atom is -0.432 e. The number of amides is 2. The quantitative estimate of drug-likeness (QED) is 0.621. The molecule has 2 fully saturated rings. The minimum atomic E-state index is -0.961. The third-order valence-corrected chi connectivity index (χ3v) is 2.87. The molecule has 0 unspecified atom stereocenters. The molecule has 2 saturated heterocycles. The van der Waals surface area contributed by atoms with E-state index in [2.05, 4.69) is 5.32 Å². The van der Waals surface area contributed by atoms with Gasteiger partial charge in [0.05, 0.1) is 13.2 Å². The number of rotatable bonds is 2. The van der Waals surface area contributed by atoms with Gasteiger partial charge >= 0.3 is 6.09 Å². The maximum atomic E-state index is 11.9. The summed E-state index contributed by atoms with van der Waals surface area (Å²) in [5.41, 5.74) is -0.961. The van der Waals surface area contributed by atoms with Crippen molar-refractivity contribution in [1.82, 2.24) is 10.2 Å². The first-order valence-electron chi connectivity index (χ1n) is 5.06. The molecule has 15 heavy (non-hydrogen) atoms. The lowest BCUT2D eigenvalue weighted by Crippen LogP contribution is -2.49. The Hall–Kier alpha value is -1.14. The highest BCUT2D eigenvalue weighted by atomic mass is 16.6. The average molecular weight is 214 g/mol. The zero-order chi connectivity index (χ0) is 10.9. The fraction of sp³-hybridized carbons (Fsp3) is 0.778. The lowest BCUT2D eigenvalue weighted by atomic mass is 9.91. The van der Waals surface area contributed by atoms with Crippen LogP contribution in [0.15, 0.2) is 0 Å². The summed E-state index contributed by atoms with van der Waals surface area (Å²) >= 11 is 0. The molecule has 0 bridgehead atoms. The Bertz CT molecular complexity index is 286. The predicted octanol–water partition coefficient (Wildman–Crippen LogP) is -0.920. The summed E-state index contributed by atoms with van der Waals surface area (Å²) < 4.78 is 5.15. The van der Waals surface area contributed by atoms with E-state index < -0.39 is 11.7 Å². The van der Waals surface area contributed by atoms with Gasteiger partial charge in [-0.15, -0.1) is 0 Å². The summed E-state index contributed by atoms with van der Waals surface area (Å²) in [5.74, 6) is -0.303. The maximum Gasteiger partial charge on any atom is 0.417 e. The van der Waals surface area contributed by atoms with Crippen LogP contribution in [0.3, 0.4) is 0 Å². The van der Waals surface area contributed by atoms with Crippen LogP contribution in [0.5, 0.6) is 0 Å². The van der Waals surface area contributed by atoms with Crippen molar-refractivity contribution in [3.8, 4) is 0 Å². The van der Waals surface area contributed by atoms with Crippen LogP contribution < -0.4 is 5.32 Å². The molecule has 0 saturated carbocycles. The van der Waals surface area contributed by atoms with Gasteiger partial charge in [0.1, 0.15) is 0 Å². The molecule has 84 valence electrons. The molecule has 6 heteroatoms. The number of nitrogens with one attached hydrogen (secondary N) is 1. The molecule has 2 N–H and O–H groups in total. The number of β-amino-alcohol motifs (C(OH)–C–C–N with tert-alkyl or cyclic N) is 1. The number of aliphatic hydroxyl groups is 1. The number of hydrogen-bond donors (Lipinski definition) is 2. The fourth-order valence-corrected chi connectivity index (χ4v) is 2.03. The van der Waals surface area contributed by atoms with Crippen molar-refractivity contribution in [3.05, 3.63) is 0 Å². The predicted molar refractivity (Wildman–Crippen MR) is 50.1 cm³/mol. The minimum absolute atomic E-state index is 0.0207. The molecule has 0 radical (unpaired) electrons. The number of imide groups is 1. The molecule has 0 aliphatic carbocycles. The maximum absolute atomic E-state index is 11.9. The highest BCUT2D eigenvalue weighted by Gasteiger charge is 2.53. The van der Waals surface area contributed by atoms with Crippen molar-refractivity contribution in [2.75, 3.05) is 26.2 Å². The summed E-state index contributed by atoms with van der Waals surface area (Å²) in [6, 6.07) is 0. The highest BCUT2D eigenvalue weighted by Crippen LogP contribution is 2.32. The second-order valence-electron chi connectivity index (χ2n) is 3.79. The molecule has 2 heterocycles. The van der Waals surface area contributed by atoms with Crippen molar-refractivity contribution < 1.29 is 19.4 Å². The third kappa shape index (κ3) is 1.59. The largest absolute Gasteiger partial charge is 0.432 e. The zero-order valence-corrected chi connectivity index (χ0v) is 8.36. The monoisotopic (exact) mass is 214 g/mol. The molecule has 0 aromatic carbocycles. The molecule has 2 amide bonds. The molecule has 2 aliphatic rings. The number of hydrogen-bond acceptors (Lipinski definition) is 5. The van der Waals surface area contributed by atoms with E-state index in [-0.39, 0.29) is 19.1 Å². The van der Waals surface area contributed by atoms with E-state index in [0.29, 0.717) is 25.9 Å². The van der Waals surface area contributed by atoms with E-state index >= 15 is 0 Å². The normalized spacial score (nSPS) is 24.7. The smallest absolute Gasteiger partial charge is 0.417 e. The van der Waals surface area contributed by atoms with Gasteiger partial charge in [-0.1, -0.05) is 0 Å². The highest BCUT2D eigenvalue weighted by molar-refractivity contribution is 6.03. The number of ether oxygens (including phenoxy) is 1. The molecule has 0 atom stereocenters. The van der Waals surface area contributed by atoms with Gasteiger partial charge in [0.15, 0.2) is 5.60 Å². The lowest BCUT2D eigenvalue weighted by Gasteiger charge is -2.29. The van der Waals surface area contributed by atoms with E-state index in [1.807, 2.05) is 0 Å². The van der Waals surface area contributed by atoms with Crippen LogP contribution in [0.2, 0.25) is 0 Å². The lowest BCUT2D eigenvalue weighted by molar-refractivity contribution is -0.139. The van der Waals surface area contributed by atoms with Gasteiger partial charge in [0.25, 0.3) is 5.91 Å². The average Bonchev–Trinajstić information content (AvgIpc) is 2.45. The summed E-state index contributed by atoms with van der Waals surface area (Å²) in [4.78, 5) is 24.3. The number of aliphatic hydroxyl groups excluding tert-OH is 1. The summed E-state index contributed by atoms with van der Waals surface area (Å²) in [5, 5.41) is 11.8. The third-order valence-electron chi connectivity index (χ3n) is 2.87. The molecular formula is C9H14N2O4. The van der Waals surface area contributed by atoms with Crippen molar-refractivity contribution in [2.24, 2.45) is 0 Å². The standard InChI is InChI=1S/C9H14N2O4/c12-6-5-11-7(13)9(15-8(11)14)1-3-10-4-2-9/h10,12H,1-6H2. The first-order chi connectivity index (χ1) is 7.19. The Balaban J connectivity index is 2.15. The molecule has 2 rings (SSSR count). The van der Waals surface area contributed by atoms with Crippen molar-refractivity contribution in [3.63, 3.8) is 0 Å². The Morgan fingerprint density at radius 2 is 2.07 bits per heavy atom. The van der Waals surface area contributed by atoms with Crippen LogP contribution in [-0.2, 0) is 9.53 Å². The summed E-state index contributed by atoms with van der Waals surface area (Å²) in [7, 11) is 0. The van der Waals surface area contributed by atoms with Gasteiger partial charge in [-0.05, 0) is 13.1 Å². The topological polar surface area (TPSA) is 78.9 Å². The SMILES string of the molecule is O=C1OC2(CCNCC2)C(=O)N1CCO. The zero-order valence-electron chi connectivity index (χ0n) is 8.36. The molecule has 6 nitrogen and oxygen atoms in total. The first-order valence-corrected chi connectivity index (χ1v) is 5.06. The van der Waals surface area contributed by atoms with Crippen LogP contribution in [0.4, 0.5) is 4.79 Å². The fourth-order valence-electron chi connectivity index (χ4n) is 2.03. The van der Waals surface area contributed by atoms with Gasteiger partial charge in [0, 0.05) is 12.8 Å². The van der Waals surface area contributed by atoms with E-state index in [4.69, 9.17) is 9.84 Å². The van der Waals surface area contributed by atoms with Gasteiger partial charge in [-0.25, -0.2) is 9.69 Å². The van der Waals surface area contributed by atoms with Crippen LogP contribution in [0.25, 0.3) is 0 Å². The number of carbonyl (C=O) groups is 2. The Morgan fingerprint density at radius 1 is 1.40 bits per heavy atom. The molecular weight excluding hydrogens is 200 g/mol. The van der Waals surface area contributed by atoms with Gasteiger partial charge < -0.3 is 15.2 Å². The van der Waals surface area contributed by atoms with E-state index in [1.165, 1.54) is 0 Å². The van der Waals surface area contributed by atoms with Gasteiger partial charge in [-0.3, -0.25) is 4.79 Å². The summed E-state index contributed by atoms with van der Waals surface area (Å²) in [6.45, 7) is 1.14. The van der Waals surface area contributed by atoms with Crippen molar-refractivity contribution >= 4 is 12.0 Å². The Morgan fingerprint density at radius 3 is 2.67 bits per heavy atom. The molecule has 2 aliphatic heterocycles. The van der Waals surface area contributed by atoms with Crippen LogP contribution in [-0.4, -0.2) is 53.8 Å². The van der Waals surface area contributed by atoms with Crippen LogP contribution in [0.1, 0.15) is 12.8 Å².